The van der Waals surface area contributed by atoms with Crippen LogP contribution in [0.3, 0.4) is 0 Å². The van der Waals surface area contributed by atoms with Gasteiger partial charge in [-0.3, -0.25) is 4.79 Å². The average Bonchev–Trinajstić information content (AvgIpc) is 2.25. The van der Waals surface area contributed by atoms with Gasteiger partial charge in [-0.2, -0.15) is 13.2 Å². The van der Waals surface area contributed by atoms with Gasteiger partial charge in [0.15, 0.2) is 0 Å². The van der Waals surface area contributed by atoms with Gasteiger partial charge >= 0.3 is 12.1 Å². The summed E-state index contributed by atoms with van der Waals surface area (Å²) in [5.41, 5.74) is 3.27. The molecular formula is C10H10ClF4NO2. The maximum Gasteiger partial charge on any atom is 0.419 e. The number of methoxy groups -OCH3 is 1. The average molecular weight is 288 g/mol. The number of ether oxygens (including phenoxy) is 1. The molecule has 0 amide bonds. The zero-order chi connectivity index (χ0) is 13.2. The van der Waals surface area contributed by atoms with Gasteiger partial charge in [0.1, 0.15) is 11.9 Å². The van der Waals surface area contributed by atoms with Crippen molar-refractivity contribution in [2.75, 3.05) is 7.11 Å². The first-order valence-electron chi connectivity index (χ1n) is 4.48. The minimum atomic E-state index is -4.84. The number of benzene rings is 1. The van der Waals surface area contributed by atoms with Crippen molar-refractivity contribution in [3.8, 4) is 0 Å². The second-order valence-electron chi connectivity index (χ2n) is 3.21. The molecule has 0 spiro atoms. The number of hydrogen-bond acceptors (Lipinski definition) is 3. The highest BCUT2D eigenvalue weighted by molar-refractivity contribution is 5.85. The second-order valence-corrected chi connectivity index (χ2v) is 3.21. The van der Waals surface area contributed by atoms with Crippen LogP contribution in [0.15, 0.2) is 18.2 Å². The lowest BCUT2D eigenvalue weighted by Gasteiger charge is -2.14. The van der Waals surface area contributed by atoms with Crippen molar-refractivity contribution in [3.05, 3.63) is 35.1 Å². The van der Waals surface area contributed by atoms with E-state index < -0.39 is 35.1 Å². The number of halogens is 5. The van der Waals surface area contributed by atoms with Gasteiger partial charge in [0, 0.05) is 5.56 Å². The van der Waals surface area contributed by atoms with Crippen LogP contribution in [0.5, 0.6) is 0 Å². The highest BCUT2D eigenvalue weighted by Gasteiger charge is 2.36. The molecule has 0 unspecified atom stereocenters. The summed E-state index contributed by atoms with van der Waals surface area (Å²) in [6.07, 6.45) is -4.84. The first kappa shape index (κ1) is 16.7. The lowest BCUT2D eigenvalue weighted by atomic mass is 10.0. The topological polar surface area (TPSA) is 52.3 Å². The summed E-state index contributed by atoms with van der Waals surface area (Å²) >= 11 is 0. The first-order valence-corrected chi connectivity index (χ1v) is 4.48. The summed E-state index contributed by atoms with van der Waals surface area (Å²) in [5.74, 6) is -2.57. The number of hydrogen-bond donors (Lipinski definition) is 1. The smallest absolute Gasteiger partial charge is 0.419 e. The van der Waals surface area contributed by atoms with Gasteiger partial charge in [0.25, 0.3) is 0 Å². The second kappa shape index (κ2) is 6.01. The lowest BCUT2D eigenvalue weighted by molar-refractivity contribution is -0.143. The lowest BCUT2D eigenvalue weighted by Crippen LogP contribution is -2.24. The Morgan fingerprint density at radius 2 is 1.94 bits per heavy atom. The third-order valence-electron chi connectivity index (χ3n) is 2.12. The molecule has 1 aromatic carbocycles. The zero-order valence-corrected chi connectivity index (χ0v) is 9.94. The molecular weight excluding hydrogens is 278 g/mol. The molecule has 0 radical (unpaired) electrons. The molecule has 8 heteroatoms. The number of rotatable bonds is 2. The summed E-state index contributed by atoms with van der Waals surface area (Å²) in [6.45, 7) is 0. The van der Waals surface area contributed by atoms with Crippen molar-refractivity contribution in [1.82, 2.24) is 0 Å². The molecule has 0 saturated heterocycles. The summed E-state index contributed by atoms with van der Waals surface area (Å²) in [6, 6.07) is 0.973. The van der Waals surface area contributed by atoms with Crippen LogP contribution in [-0.4, -0.2) is 13.1 Å². The molecule has 0 heterocycles. The molecule has 0 fully saturated rings. The number of carbonyl (C=O) groups is 1. The van der Waals surface area contributed by atoms with E-state index in [4.69, 9.17) is 5.73 Å². The summed E-state index contributed by atoms with van der Waals surface area (Å²) in [4.78, 5) is 11.0. The van der Waals surface area contributed by atoms with E-state index in [1.54, 1.807) is 0 Å². The van der Waals surface area contributed by atoms with Crippen LogP contribution in [-0.2, 0) is 15.7 Å². The van der Waals surface area contributed by atoms with Crippen LogP contribution in [0.25, 0.3) is 0 Å². The predicted molar refractivity (Wildman–Crippen MR) is 57.6 cm³/mol. The number of alkyl halides is 3. The SMILES string of the molecule is COC(=O)[C@H](N)c1cccc(C(F)(F)F)c1F.Cl. The molecule has 1 aromatic rings. The summed E-state index contributed by atoms with van der Waals surface area (Å²) in [5, 5.41) is 0. The molecule has 2 N–H and O–H groups in total. The largest absolute Gasteiger partial charge is 0.468 e. The molecule has 1 atom stereocenters. The van der Waals surface area contributed by atoms with E-state index in [1.807, 2.05) is 0 Å². The van der Waals surface area contributed by atoms with Gasteiger partial charge in [-0.15, -0.1) is 12.4 Å². The molecule has 0 saturated carbocycles. The van der Waals surface area contributed by atoms with Gasteiger partial charge in [0.2, 0.25) is 0 Å². The van der Waals surface area contributed by atoms with E-state index >= 15 is 0 Å². The Morgan fingerprint density at radius 3 is 2.39 bits per heavy atom. The maximum absolute atomic E-state index is 13.5. The normalized spacial score (nSPS) is 12.6. The van der Waals surface area contributed by atoms with Crippen molar-refractivity contribution >= 4 is 18.4 Å². The summed E-state index contributed by atoms with van der Waals surface area (Å²) in [7, 11) is 1.01. The van der Waals surface area contributed by atoms with Crippen molar-refractivity contribution < 1.29 is 27.1 Å². The van der Waals surface area contributed by atoms with Crippen LogP contribution in [0.1, 0.15) is 17.2 Å². The van der Waals surface area contributed by atoms with Crippen LogP contribution >= 0.6 is 12.4 Å². The molecule has 102 valence electrons. The highest BCUT2D eigenvalue weighted by Crippen LogP contribution is 2.33. The molecule has 3 nitrogen and oxygen atoms in total. The van der Waals surface area contributed by atoms with Gasteiger partial charge in [-0.05, 0) is 6.07 Å². The van der Waals surface area contributed by atoms with E-state index in [0.29, 0.717) is 6.07 Å². The number of esters is 1. The molecule has 0 aliphatic rings. The Kier molecular flexibility index (Phi) is 5.56. The van der Waals surface area contributed by atoms with Crippen molar-refractivity contribution in [3.63, 3.8) is 0 Å². The quantitative estimate of drug-likeness (QED) is 0.671. The Hall–Kier alpha value is -1.34. The van der Waals surface area contributed by atoms with Gasteiger partial charge in [-0.25, -0.2) is 4.39 Å². The van der Waals surface area contributed by atoms with Crippen molar-refractivity contribution in [1.29, 1.82) is 0 Å². The van der Waals surface area contributed by atoms with Crippen LogP contribution < -0.4 is 5.73 Å². The Bertz CT molecular complexity index is 436. The van der Waals surface area contributed by atoms with E-state index in [2.05, 4.69) is 4.74 Å². The van der Waals surface area contributed by atoms with Gasteiger partial charge in [-0.1, -0.05) is 12.1 Å². The fourth-order valence-corrected chi connectivity index (χ4v) is 1.26. The monoisotopic (exact) mass is 287 g/mol. The maximum atomic E-state index is 13.5. The minimum absolute atomic E-state index is 0. The summed E-state index contributed by atoms with van der Waals surface area (Å²) < 4.78 is 54.9. The van der Waals surface area contributed by atoms with Crippen LogP contribution in [0.4, 0.5) is 17.6 Å². The van der Waals surface area contributed by atoms with Crippen LogP contribution in [0.2, 0.25) is 0 Å². The predicted octanol–water partition coefficient (Wildman–Crippen LogP) is 2.44. The third kappa shape index (κ3) is 3.33. The standard InChI is InChI=1S/C10H9F4NO2.ClH/c1-17-9(16)8(15)5-3-2-4-6(7(5)11)10(12,13)14;/h2-4,8H,15H2,1H3;1H/t8-;/m1./s1. The Morgan fingerprint density at radius 1 is 1.39 bits per heavy atom. The molecule has 1 rings (SSSR count). The number of nitrogens with two attached hydrogens (primary N) is 1. The minimum Gasteiger partial charge on any atom is -0.468 e. The van der Waals surface area contributed by atoms with Crippen LogP contribution in [0, 0.1) is 5.82 Å². The third-order valence-corrected chi connectivity index (χ3v) is 2.12. The first-order chi connectivity index (χ1) is 7.79. The molecule has 0 aliphatic carbocycles. The molecule has 18 heavy (non-hydrogen) atoms. The van der Waals surface area contributed by atoms with E-state index in [9.17, 15) is 22.4 Å². The van der Waals surface area contributed by atoms with Gasteiger partial charge < -0.3 is 10.5 Å². The zero-order valence-electron chi connectivity index (χ0n) is 9.12. The van der Waals surface area contributed by atoms with Crippen molar-refractivity contribution in [2.24, 2.45) is 5.73 Å². The Labute approximate surface area is 106 Å². The fraction of sp³-hybridized carbons (Fsp3) is 0.300. The van der Waals surface area contributed by atoms with E-state index in [-0.39, 0.29) is 12.4 Å². The Balaban J connectivity index is 0.00000289. The molecule has 0 aromatic heterocycles. The highest BCUT2D eigenvalue weighted by atomic mass is 35.5. The van der Waals surface area contributed by atoms with E-state index in [0.717, 1.165) is 19.2 Å². The van der Waals surface area contributed by atoms with Gasteiger partial charge in [0.05, 0.1) is 12.7 Å². The number of carbonyl (C=O) groups excluding carboxylic acids is 1. The fourth-order valence-electron chi connectivity index (χ4n) is 1.26. The van der Waals surface area contributed by atoms with Crippen molar-refractivity contribution in [2.45, 2.75) is 12.2 Å². The molecule has 0 aliphatic heterocycles. The van der Waals surface area contributed by atoms with E-state index in [1.165, 1.54) is 0 Å². The molecule has 0 bridgehead atoms.